The average Bonchev–Trinajstić information content (AvgIpc) is 2.79. The van der Waals surface area contributed by atoms with E-state index < -0.39 is 5.97 Å². The Bertz CT molecular complexity index is 940. The van der Waals surface area contributed by atoms with Crippen molar-refractivity contribution in [3.8, 4) is 0 Å². The third kappa shape index (κ3) is 5.98. The zero-order chi connectivity index (χ0) is 22.4. The first-order chi connectivity index (χ1) is 14.9. The number of nitrogens with zero attached hydrogens (tertiary/aromatic N) is 1. The van der Waals surface area contributed by atoms with E-state index in [2.05, 4.69) is 10.6 Å². The van der Waals surface area contributed by atoms with E-state index in [1.165, 1.54) is 7.11 Å². The highest BCUT2D eigenvalue weighted by atomic mass is 35.5. The Morgan fingerprint density at radius 2 is 1.71 bits per heavy atom. The van der Waals surface area contributed by atoms with Gasteiger partial charge in [0.25, 0.3) is 0 Å². The molecule has 1 aliphatic rings. The molecule has 164 valence electrons. The van der Waals surface area contributed by atoms with Gasteiger partial charge in [-0.25, -0.2) is 9.59 Å². The van der Waals surface area contributed by atoms with Crippen LogP contribution in [0.1, 0.15) is 30.1 Å². The van der Waals surface area contributed by atoms with Gasteiger partial charge in [0.1, 0.15) is 0 Å². The molecule has 1 aliphatic heterocycles. The van der Waals surface area contributed by atoms with Crippen LogP contribution in [0.5, 0.6) is 0 Å². The van der Waals surface area contributed by atoms with Gasteiger partial charge in [-0.2, -0.15) is 0 Å². The number of hydrogen-bond acceptors (Lipinski definition) is 4. The number of amides is 3. The largest absolute Gasteiger partial charge is 0.465 e. The molecule has 7 nitrogen and oxygen atoms in total. The number of ether oxygens (including phenoxy) is 1. The van der Waals surface area contributed by atoms with Gasteiger partial charge in [0.15, 0.2) is 0 Å². The Labute approximate surface area is 186 Å². The Hall–Kier alpha value is -3.06. The minimum Gasteiger partial charge on any atom is -0.465 e. The summed E-state index contributed by atoms with van der Waals surface area (Å²) >= 11 is 5.87. The number of piperidine rings is 1. The van der Waals surface area contributed by atoms with E-state index in [4.69, 9.17) is 16.3 Å². The lowest BCUT2D eigenvalue weighted by Gasteiger charge is -2.34. The molecular weight excluding hydrogens is 418 g/mol. The second-order valence-electron chi connectivity index (χ2n) is 7.61. The van der Waals surface area contributed by atoms with Crippen LogP contribution in [0.15, 0.2) is 48.5 Å². The van der Waals surface area contributed by atoms with Crippen LogP contribution in [0.4, 0.5) is 16.2 Å². The Balaban J connectivity index is 1.50. The normalized spacial score (nSPS) is 15.1. The molecule has 0 aliphatic carbocycles. The standard InChI is InChI=1S/C23H26ClN3O4/c1-15(21(28)25-20-5-3-4-17(14-20)22(29)31-2)16-10-12-27(13-11-16)23(30)26-19-8-6-18(24)7-9-19/h3-9,14-16H,10-13H2,1-2H3,(H,25,28)(H,26,30)/t15-/m1/s1. The van der Waals surface area contributed by atoms with E-state index in [-0.39, 0.29) is 23.8 Å². The lowest BCUT2D eigenvalue weighted by molar-refractivity contribution is -0.121. The zero-order valence-electron chi connectivity index (χ0n) is 17.6. The number of nitrogens with one attached hydrogen (secondary N) is 2. The molecule has 0 spiro atoms. The maximum absolute atomic E-state index is 12.7. The van der Waals surface area contributed by atoms with Crippen molar-refractivity contribution in [1.29, 1.82) is 0 Å². The topological polar surface area (TPSA) is 87.7 Å². The van der Waals surface area contributed by atoms with Crippen LogP contribution in [-0.4, -0.2) is 43.0 Å². The summed E-state index contributed by atoms with van der Waals surface area (Å²) in [4.78, 5) is 38.6. The summed E-state index contributed by atoms with van der Waals surface area (Å²) in [6.07, 6.45) is 1.48. The number of esters is 1. The molecule has 3 rings (SSSR count). The predicted octanol–water partition coefficient (Wildman–Crippen LogP) is 4.65. The van der Waals surface area contributed by atoms with Crippen molar-refractivity contribution in [1.82, 2.24) is 4.90 Å². The summed E-state index contributed by atoms with van der Waals surface area (Å²) in [5, 5.41) is 6.36. The molecule has 1 saturated heterocycles. The summed E-state index contributed by atoms with van der Waals surface area (Å²) in [6.45, 7) is 3.06. The van der Waals surface area contributed by atoms with E-state index >= 15 is 0 Å². The highest BCUT2D eigenvalue weighted by molar-refractivity contribution is 6.30. The summed E-state index contributed by atoms with van der Waals surface area (Å²) in [6, 6.07) is 13.5. The fourth-order valence-electron chi connectivity index (χ4n) is 3.65. The third-order valence-electron chi connectivity index (χ3n) is 5.59. The van der Waals surface area contributed by atoms with Gasteiger partial charge in [-0.3, -0.25) is 4.79 Å². The van der Waals surface area contributed by atoms with Gasteiger partial charge >= 0.3 is 12.0 Å². The molecule has 1 fully saturated rings. The Kier molecular flexibility index (Phi) is 7.52. The smallest absolute Gasteiger partial charge is 0.337 e. The lowest BCUT2D eigenvalue weighted by Crippen LogP contribution is -2.43. The van der Waals surface area contributed by atoms with Crippen molar-refractivity contribution >= 4 is 40.9 Å². The second-order valence-corrected chi connectivity index (χ2v) is 8.05. The number of likely N-dealkylation sites (tertiary alicyclic amines) is 1. The number of halogens is 1. The number of rotatable bonds is 5. The summed E-state index contributed by atoms with van der Waals surface area (Å²) < 4.78 is 4.72. The summed E-state index contributed by atoms with van der Waals surface area (Å²) in [5.41, 5.74) is 1.63. The molecule has 2 aromatic rings. The fourth-order valence-corrected chi connectivity index (χ4v) is 3.78. The predicted molar refractivity (Wildman–Crippen MR) is 120 cm³/mol. The van der Waals surface area contributed by atoms with Crippen molar-refractivity contribution in [3.63, 3.8) is 0 Å². The molecule has 0 radical (unpaired) electrons. The molecule has 0 bridgehead atoms. The highest BCUT2D eigenvalue weighted by Gasteiger charge is 2.30. The zero-order valence-corrected chi connectivity index (χ0v) is 18.3. The first-order valence-corrected chi connectivity index (χ1v) is 10.6. The molecule has 0 unspecified atom stereocenters. The van der Waals surface area contributed by atoms with Gasteiger partial charge in [-0.1, -0.05) is 24.6 Å². The van der Waals surface area contributed by atoms with E-state index in [0.29, 0.717) is 35.1 Å². The quantitative estimate of drug-likeness (QED) is 0.658. The number of carbonyl (C=O) groups excluding carboxylic acids is 3. The third-order valence-corrected chi connectivity index (χ3v) is 5.85. The Morgan fingerprint density at radius 1 is 1.03 bits per heavy atom. The van der Waals surface area contributed by atoms with Crippen LogP contribution in [-0.2, 0) is 9.53 Å². The van der Waals surface area contributed by atoms with Gasteiger partial charge < -0.3 is 20.3 Å². The van der Waals surface area contributed by atoms with E-state index in [9.17, 15) is 14.4 Å². The number of urea groups is 1. The van der Waals surface area contributed by atoms with Crippen molar-refractivity contribution < 1.29 is 19.1 Å². The maximum atomic E-state index is 12.7. The van der Waals surface area contributed by atoms with Gasteiger partial charge in [0, 0.05) is 35.4 Å². The molecule has 0 aromatic heterocycles. The Morgan fingerprint density at radius 3 is 2.35 bits per heavy atom. The lowest BCUT2D eigenvalue weighted by atomic mass is 9.85. The van der Waals surface area contributed by atoms with E-state index in [1.54, 1.807) is 53.4 Å². The van der Waals surface area contributed by atoms with Crippen molar-refractivity contribution in [2.24, 2.45) is 11.8 Å². The van der Waals surface area contributed by atoms with Crippen LogP contribution in [0.3, 0.4) is 0 Å². The fraction of sp³-hybridized carbons (Fsp3) is 0.348. The average molecular weight is 444 g/mol. The minimum atomic E-state index is -0.451. The van der Waals surface area contributed by atoms with E-state index in [0.717, 1.165) is 12.8 Å². The highest BCUT2D eigenvalue weighted by Crippen LogP contribution is 2.27. The van der Waals surface area contributed by atoms with Gasteiger partial charge in [-0.15, -0.1) is 0 Å². The van der Waals surface area contributed by atoms with Gasteiger partial charge in [0.05, 0.1) is 12.7 Å². The van der Waals surface area contributed by atoms with Gasteiger partial charge in [-0.05, 0) is 61.2 Å². The molecule has 0 saturated carbocycles. The molecule has 1 atom stereocenters. The number of carbonyl (C=O) groups is 3. The van der Waals surface area contributed by atoms with Crippen molar-refractivity contribution in [2.45, 2.75) is 19.8 Å². The number of hydrogen-bond donors (Lipinski definition) is 2. The molecule has 3 amide bonds. The SMILES string of the molecule is COC(=O)c1cccc(NC(=O)[C@H](C)C2CCN(C(=O)Nc3ccc(Cl)cc3)CC2)c1. The maximum Gasteiger partial charge on any atom is 0.337 e. The van der Waals surface area contributed by atoms with Crippen molar-refractivity contribution in [2.75, 3.05) is 30.8 Å². The monoisotopic (exact) mass is 443 g/mol. The molecule has 2 N–H and O–H groups in total. The molecule has 31 heavy (non-hydrogen) atoms. The van der Waals surface area contributed by atoms with Crippen LogP contribution in [0.2, 0.25) is 5.02 Å². The van der Waals surface area contributed by atoms with Crippen LogP contribution in [0, 0.1) is 11.8 Å². The number of anilines is 2. The molecular formula is C23H26ClN3O4. The number of methoxy groups -OCH3 is 1. The van der Waals surface area contributed by atoms with Crippen LogP contribution >= 0.6 is 11.6 Å². The van der Waals surface area contributed by atoms with Gasteiger partial charge in [0.2, 0.25) is 5.91 Å². The van der Waals surface area contributed by atoms with E-state index in [1.807, 2.05) is 6.92 Å². The van der Waals surface area contributed by atoms with Crippen LogP contribution in [0.25, 0.3) is 0 Å². The summed E-state index contributed by atoms with van der Waals surface area (Å²) in [7, 11) is 1.32. The van der Waals surface area contributed by atoms with Crippen molar-refractivity contribution in [3.05, 3.63) is 59.1 Å². The number of benzene rings is 2. The first-order valence-electron chi connectivity index (χ1n) is 10.2. The van der Waals surface area contributed by atoms with Crippen LogP contribution < -0.4 is 10.6 Å². The second kappa shape index (κ2) is 10.3. The molecule has 2 aromatic carbocycles. The molecule has 8 heteroatoms. The summed E-state index contributed by atoms with van der Waals surface area (Å²) in [5.74, 6) is -0.605. The molecule has 1 heterocycles. The first kappa shape index (κ1) is 22.6. The minimum absolute atomic E-state index is 0.105.